The second-order valence-electron chi connectivity index (χ2n) is 14.6. The number of aliphatic carboxylic acids is 1. The summed E-state index contributed by atoms with van der Waals surface area (Å²) in [5, 5.41) is 14.3. The number of nitrogens with zero attached hydrogens (tertiary/aromatic N) is 3. The number of carboxylic acids is 1. The number of pyridine rings is 2. The van der Waals surface area contributed by atoms with E-state index in [0.29, 0.717) is 43.1 Å². The molecule has 2 saturated heterocycles. The van der Waals surface area contributed by atoms with Crippen molar-refractivity contribution < 1.29 is 23.8 Å². The predicted octanol–water partition coefficient (Wildman–Crippen LogP) is 8.31. The van der Waals surface area contributed by atoms with Crippen LogP contribution in [0.4, 0.5) is 10.2 Å². The zero-order chi connectivity index (χ0) is 35.0. The number of aryl methyl sites for hydroxylation is 3. The molecule has 1 aliphatic carbocycles. The van der Waals surface area contributed by atoms with E-state index in [4.69, 9.17) is 26.1 Å². The smallest absolute Gasteiger partial charge is 0.325 e. The van der Waals surface area contributed by atoms with E-state index in [2.05, 4.69) is 42.3 Å². The third-order valence-corrected chi connectivity index (χ3v) is 10.8. The standard InChI is InChI=1S/C30H40FN3O4.C10H12ClN/c1-20-8-9-21-10-12-23(33-29(21)32-20)6-2-4-16-37-24-14-15-34(19-24)28(30(35)36)26-18-22(31)11-13-25(26)27-7-3-5-17-38-27;1-7-2-3-8-4-5-10(11)12-9(8)6-7/h10-13,18,20,24,27-28H,2-9,14-17,19H2,1H3,(H,32,33)(H,35,36);4-5,7H,2-3,6H2,1H3/t20?,24-,27+,28?;/m1./s1. The van der Waals surface area contributed by atoms with Crippen LogP contribution in [0.3, 0.4) is 0 Å². The molecule has 4 aliphatic rings. The van der Waals surface area contributed by atoms with Gasteiger partial charge in [0.15, 0.2) is 0 Å². The first-order valence-corrected chi connectivity index (χ1v) is 19.0. The Balaban J connectivity index is 0.000000302. The highest BCUT2D eigenvalue weighted by atomic mass is 35.5. The number of benzene rings is 1. The van der Waals surface area contributed by atoms with Crippen molar-refractivity contribution in [3.05, 3.63) is 87.1 Å². The van der Waals surface area contributed by atoms with Gasteiger partial charge in [0.2, 0.25) is 0 Å². The summed E-state index contributed by atoms with van der Waals surface area (Å²) >= 11 is 5.81. The first kappa shape index (κ1) is 36.7. The van der Waals surface area contributed by atoms with Crippen molar-refractivity contribution >= 4 is 23.4 Å². The van der Waals surface area contributed by atoms with Gasteiger partial charge in [0.1, 0.15) is 22.8 Å². The molecule has 5 heterocycles. The van der Waals surface area contributed by atoms with E-state index in [1.807, 2.05) is 11.0 Å². The molecule has 0 amide bonds. The van der Waals surface area contributed by atoms with E-state index < -0.39 is 17.8 Å². The molecule has 3 unspecified atom stereocenters. The molecule has 1 aromatic carbocycles. The van der Waals surface area contributed by atoms with Crippen molar-refractivity contribution in [1.29, 1.82) is 0 Å². The van der Waals surface area contributed by atoms with Crippen molar-refractivity contribution in [2.45, 2.75) is 115 Å². The molecule has 50 heavy (non-hydrogen) atoms. The lowest BCUT2D eigenvalue weighted by Crippen LogP contribution is -2.34. The number of carboxylic acid groups (broad SMARTS) is 1. The molecule has 2 N–H and O–H groups in total. The van der Waals surface area contributed by atoms with Gasteiger partial charge in [-0.2, -0.15) is 0 Å². The first-order valence-electron chi connectivity index (χ1n) is 18.6. The average Bonchev–Trinajstić information content (AvgIpc) is 3.56. The van der Waals surface area contributed by atoms with Crippen molar-refractivity contribution in [3.63, 3.8) is 0 Å². The Labute approximate surface area is 301 Å². The molecular formula is C40H52ClFN4O4. The molecule has 2 aromatic heterocycles. The number of hydrogen-bond acceptors (Lipinski definition) is 7. The molecule has 0 saturated carbocycles. The Hall–Kier alpha value is -3.11. The van der Waals surface area contributed by atoms with Crippen LogP contribution in [0.2, 0.25) is 5.15 Å². The molecule has 0 spiro atoms. The fraction of sp³-hybridized carbons (Fsp3) is 0.575. The van der Waals surface area contributed by atoms with E-state index >= 15 is 0 Å². The number of aromatic nitrogens is 2. The van der Waals surface area contributed by atoms with Gasteiger partial charge in [0.05, 0.1) is 12.2 Å². The molecule has 270 valence electrons. The first-order chi connectivity index (χ1) is 24.2. The van der Waals surface area contributed by atoms with Crippen LogP contribution in [-0.2, 0) is 40.0 Å². The fourth-order valence-electron chi connectivity index (χ4n) is 7.74. The molecule has 2 fully saturated rings. The van der Waals surface area contributed by atoms with Gasteiger partial charge < -0.3 is 19.9 Å². The molecule has 7 rings (SSSR count). The third kappa shape index (κ3) is 9.60. The molecule has 5 atom stereocenters. The Bertz CT molecular complexity index is 1600. The number of likely N-dealkylation sites (tertiary alicyclic amines) is 1. The van der Waals surface area contributed by atoms with Crippen LogP contribution in [0.5, 0.6) is 0 Å². The van der Waals surface area contributed by atoms with Gasteiger partial charge in [0, 0.05) is 43.7 Å². The lowest BCUT2D eigenvalue weighted by Gasteiger charge is -2.30. The van der Waals surface area contributed by atoms with E-state index in [0.717, 1.165) is 87.2 Å². The van der Waals surface area contributed by atoms with Crippen molar-refractivity contribution in [2.24, 2.45) is 5.92 Å². The largest absolute Gasteiger partial charge is 0.480 e. The molecule has 3 aliphatic heterocycles. The molecule has 0 bridgehead atoms. The van der Waals surface area contributed by atoms with Crippen LogP contribution in [0.1, 0.15) is 111 Å². The van der Waals surface area contributed by atoms with Crippen LogP contribution >= 0.6 is 11.6 Å². The predicted molar refractivity (Wildman–Crippen MR) is 194 cm³/mol. The number of halogens is 2. The zero-order valence-corrected chi connectivity index (χ0v) is 30.3. The molecule has 3 aromatic rings. The van der Waals surface area contributed by atoms with Crippen molar-refractivity contribution in [3.8, 4) is 0 Å². The summed E-state index contributed by atoms with van der Waals surface area (Å²) in [6.45, 7) is 6.88. The van der Waals surface area contributed by atoms with Crippen molar-refractivity contribution in [2.75, 3.05) is 31.6 Å². The number of ether oxygens (including phenoxy) is 2. The van der Waals surface area contributed by atoms with E-state index in [1.165, 1.54) is 41.8 Å². The number of carbonyl (C=O) groups is 1. The normalized spacial score (nSPS) is 23.9. The van der Waals surface area contributed by atoms with Gasteiger partial charge in [-0.05, 0) is 136 Å². The maximum Gasteiger partial charge on any atom is 0.325 e. The zero-order valence-electron chi connectivity index (χ0n) is 29.5. The molecular weight excluding hydrogens is 655 g/mol. The van der Waals surface area contributed by atoms with E-state index in [-0.39, 0.29) is 12.2 Å². The Kier molecular flexibility index (Phi) is 12.8. The minimum absolute atomic E-state index is 0.0210. The second kappa shape index (κ2) is 17.4. The minimum Gasteiger partial charge on any atom is -0.480 e. The lowest BCUT2D eigenvalue weighted by atomic mass is 9.88. The van der Waals surface area contributed by atoms with Crippen LogP contribution in [0, 0.1) is 11.7 Å². The SMILES string of the molecule is CC1CCc2ccc(CCCCO[C@@H]3CCN(C(C(=O)O)c4cc(F)ccc4[C@@H]4CCCCO4)C3)nc2N1.CC1CCc2ccc(Cl)nc2C1. The monoisotopic (exact) mass is 706 g/mol. The van der Waals surface area contributed by atoms with Gasteiger partial charge >= 0.3 is 5.97 Å². The van der Waals surface area contributed by atoms with Gasteiger partial charge in [-0.15, -0.1) is 0 Å². The molecule has 0 radical (unpaired) electrons. The lowest BCUT2D eigenvalue weighted by molar-refractivity contribution is -0.143. The summed E-state index contributed by atoms with van der Waals surface area (Å²) in [6, 6.07) is 12.4. The van der Waals surface area contributed by atoms with Gasteiger partial charge in [0.25, 0.3) is 0 Å². The Morgan fingerprint density at radius 3 is 2.72 bits per heavy atom. The topological polar surface area (TPSA) is 96.8 Å². The van der Waals surface area contributed by atoms with Crippen molar-refractivity contribution in [1.82, 2.24) is 14.9 Å². The highest BCUT2D eigenvalue weighted by molar-refractivity contribution is 6.29. The quantitative estimate of drug-likeness (QED) is 0.161. The van der Waals surface area contributed by atoms with Gasteiger partial charge in [-0.1, -0.05) is 36.7 Å². The van der Waals surface area contributed by atoms with Gasteiger partial charge in [-0.3, -0.25) is 9.69 Å². The van der Waals surface area contributed by atoms with Crippen LogP contribution in [0.15, 0.2) is 42.5 Å². The van der Waals surface area contributed by atoms with E-state index in [1.54, 1.807) is 6.07 Å². The second-order valence-corrected chi connectivity index (χ2v) is 15.0. The minimum atomic E-state index is -0.963. The number of rotatable bonds is 10. The third-order valence-electron chi connectivity index (χ3n) is 10.6. The fourth-order valence-corrected chi connectivity index (χ4v) is 7.91. The average molecular weight is 707 g/mol. The molecule has 10 heteroatoms. The number of unbranched alkanes of at least 4 members (excludes halogenated alkanes) is 1. The summed E-state index contributed by atoms with van der Waals surface area (Å²) in [6.07, 6.45) is 12.0. The maximum absolute atomic E-state index is 14.3. The maximum atomic E-state index is 14.3. The number of hydrogen-bond donors (Lipinski definition) is 2. The molecule has 8 nitrogen and oxygen atoms in total. The summed E-state index contributed by atoms with van der Waals surface area (Å²) in [7, 11) is 0. The number of fused-ring (bicyclic) bond motifs is 2. The summed E-state index contributed by atoms with van der Waals surface area (Å²) < 4.78 is 26.4. The van der Waals surface area contributed by atoms with E-state index in [9.17, 15) is 14.3 Å². The highest BCUT2D eigenvalue weighted by Gasteiger charge is 2.37. The Morgan fingerprint density at radius 1 is 1.06 bits per heavy atom. The Morgan fingerprint density at radius 2 is 1.90 bits per heavy atom. The van der Waals surface area contributed by atoms with Gasteiger partial charge in [-0.25, -0.2) is 14.4 Å². The number of anilines is 1. The summed E-state index contributed by atoms with van der Waals surface area (Å²) in [5.41, 5.74) is 6.31. The highest BCUT2D eigenvalue weighted by Crippen LogP contribution is 2.37. The van der Waals surface area contributed by atoms with Crippen LogP contribution in [0.25, 0.3) is 0 Å². The number of nitrogens with one attached hydrogen (secondary N) is 1. The van der Waals surface area contributed by atoms with Crippen LogP contribution < -0.4 is 5.32 Å². The summed E-state index contributed by atoms with van der Waals surface area (Å²) in [5.74, 6) is 0.419. The van der Waals surface area contributed by atoms with Crippen LogP contribution in [-0.4, -0.2) is 64.4 Å². The summed E-state index contributed by atoms with van der Waals surface area (Å²) in [4.78, 5) is 23.5.